The van der Waals surface area contributed by atoms with Crippen LogP contribution in [0.3, 0.4) is 0 Å². The molecule has 0 aromatic rings. The Kier molecular flexibility index (Phi) is 5.62. The summed E-state index contributed by atoms with van der Waals surface area (Å²) in [6, 6.07) is 0. The SMILES string of the molecule is CCC(C)CS(=O)/C=C/C(=O)O. The molecule has 12 heavy (non-hydrogen) atoms. The molecule has 0 aromatic heterocycles. The van der Waals surface area contributed by atoms with Crippen LogP contribution in [-0.2, 0) is 15.6 Å². The fraction of sp³-hybridized carbons (Fsp3) is 0.625. The van der Waals surface area contributed by atoms with Gasteiger partial charge in [0.25, 0.3) is 0 Å². The van der Waals surface area contributed by atoms with Crippen molar-refractivity contribution >= 4 is 16.8 Å². The second-order valence-corrected chi connectivity index (χ2v) is 4.07. The molecule has 0 fully saturated rings. The molecule has 0 aliphatic heterocycles. The Balaban J connectivity index is 3.81. The average molecular weight is 190 g/mol. The minimum Gasteiger partial charge on any atom is -0.478 e. The molecule has 2 atom stereocenters. The van der Waals surface area contributed by atoms with Crippen molar-refractivity contribution < 1.29 is 14.1 Å². The molecule has 0 amide bonds. The quantitative estimate of drug-likeness (QED) is 0.666. The molecule has 0 rings (SSSR count). The van der Waals surface area contributed by atoms with E-state index in [-0.39, 0.29) is 0 Å². The first kappa shape index (κ1) is 11.4. The molecule has 4 heteroatoms. The van der Waals surface area contributed by atoms with Crippen LogP contribution in [0.1, 0.15) is 20.3 Å². The second-order valence-electron chi connectivity index (χ2n) is 2.70. The van der Waals surface area contributed by atoms with Gasteiger partial charge >= 0.3 is 5.97 Å². The maximum Gasteiger partial charge on any atom is 0.328 e. The Bertz CT molecular complexity index is 198. The number of carboxylic acids is 1. The minimum atomic E-state index is -1.13. The van der Waals surface area contributed by atoms with Crippen molar-refractivity contribution in [3.8, 4) is 0 Å². The molecule has 0 saturated carbocycles. The van der Waals surface area contributed by atoms with Crippen molar-refractivity contribution in [3.05, 3.63) is 11.5 Å². The number of hydrogen-bond acceptors (Lipinski definition) is 2. The summed E-state index contributed by atoms with van der Waals surface area (Å²) in [5.41, 5.74) is 0. The smallest absolute Gasteiger partial charge is 0.328 e. The van der Waals surface area contributed by atoms with Crippen molar-refractivity contribution in [2.75, 3.05) is 5.75 Å². The summed E-state index contributed by atoms with van der Waals surface area (Å²) in [5, 5.41) is 9.46. The van der Waals surface area contributed by atoms with Crippen LogP contribution in [0.2, 0.25) is 0 Å². The van der Waals surface area contributed by atoms with Crippen LogP contribution in [0, 0.1) is 5.92 Å². The molecule has 2 unspecified atom stereocenters. The number of aliphatic carboxylic acids is 1. The van der Waals surface area contributed by atoms with Gasteiger partial charge in [-0.05, 0) is 5.92 Å². The summed E-state index contributed by atoms with van der Waals surface area (Å²) in [6.45, 7) is 4.01. The fourth-order valence-corrected chi connectivity index (χ4v) is 1.76. The van der Waals surface area contributed by atoms with Gasteiger partial charge in [0.2, 0.25) is 0 Å². The van der Waals surface area contributed by atoms with Crippen LogP contribution >= 0.6 is 0 Å². The maximum atomic E-state index is 11.1. The molecule has 0 radical (unpaired) electrons. The molecule has 0 heterocycles. The number of hydrogen-bond donors (Lipinski definition) is 1. The third kappa shape index (κ3) is 6.09. The van der Waals surface area contributed by atoms with Gasteiger partial charge in [-0.3, -0.25) is 4.21 Å². The predicted molar refractivity (Wildman–Crippen MR) is 49.2 cm³/mol. The van der Waals surface area contributed by atoms with Gasteiger partial charge < -0.3 is 5.11 Å². The lowest BCUT2D eigenvalue weighted by Crippen LogP contribution is -2.04. The van der Waals surface area contributed by atoms with E-state index in [9.17, 15) is 9.00 Å². The minimum absolute atomic E-state index is 0.379. The van der Waals surface area contributed by atoms with Crippen molar-refractivity contribution in [1.82, 2.24) is 0 Å². The maximum absolute atomic E-state index is 11.1. The fourth-order valence-electron chi connectivity index (χ4n) is 0.588. The van der Waals surface area contributed by atoms with Crippen molar-refractivity contribution in [1.29, 1.82) is 0 Å². The summed E-state index contributed by atoms with van der Waals surface area (Å²) in [7, 11) is -1.13. The molecule has 70 valence electrons. The highest BCUT2D eigenvalue weighted by Gasteiger charge is 2.02. The Morgan fingerprint density at radius 3 is 2.67 bits per heavy atom. The first-order chi connectivity index (χ1) is 5.56. The molecule has 0 aliphatic rings. The zero-order valence-electron chi connectivity index (χ0n) is 7.32. The topological polar surface area (TPSA) is 54.4 Å². The van der Waals surface area contributed by atoms with E-state index in [0.29, 0.717) is 11.7 Å². The first-order valence-corrected chi connectivity index (χ1v) is 5.22. The molecule has 0 saturated heterocycles. The van der Waals surface area contributed by atoms with Crippen molar-refractivity contribution in [2.24, 2.45) is 5.92 Å². The summed E-state index contributed by atoms with van der Waals surface area (Å²) < 4.78 is 11.1. The van der Waals surface area contributed by atoms with Crippen LogP contribution in [0.5, 0.6) is 0 Å². The van der Waals surface area contributed by atoms with E-state index in [1.165, 1.54) is 5.41 Å². The largest absolute Gasteiger partial charge is 0.478 e. The lowest BCUT2D eigenvalue weighted by Gasteiger charge is -2.03. The van der Waals surface area contributed by atoms with E-state index < -0.39 is 16.8 Å². The highest BCUT2D eigenvalue weighted by Crippen LogP contribution is 2.03. The highest BCUT2D eigenvalue weighted by atomic mass is 32.2. The van der Waals surface area contributed by atoms with Gasteiger partial charge in [-0.25, -0.2) is 4.79 Å². The third-order valence-corrected chi connectivity index (χ3v) is 2.85. The second kappa shape index (κ2) is 5.94. The summed E-state index contributed by atoms with van der Waals surface area (Å²) >= 11 is 0. The molecule has 0 spiro atoms. The van der Waals surface area contributed by atoms with Crippen LogP contribution in [0.25, 0.3) is 0 Å². The summed E-state index contributed by atoms with van der Waals surface area (Å²) in [5.74, 6) is -0.128. The predicted octanol–water partition coefficient (Wildman–Crippen LogP) is 1.38. The van der Waals surface area contributed by atoms with Gasteiger partial charge in [-0.2, -0.15) is 0 Å². The van der Waals surface area contributed by atoms with Crippen LogP contribution in [0.15, 0.2) is 11.5 Å². The summed E-state index contributed by atoms with van der Waals surface area (Å²) in [4.78, 5) is 10.0. The zero-order valence-corrected chi connectivity index (χ0v) is 8.13. The van der Waals surface area contributed by atoms with E-state index in [1.807, 2.05) is 13.8 Å². The normalized spacial score (nSPS) is 16.2. The van der Waals surface area contributed by atoms with Gasteiger partial charge in [0.15, 0.2) is 0 Å². The lowest BCUT2D eigenvalue weighted by atomic mass is 10.2. The van der Waals surface area contributed by atoms with Gasteiger partial charge in [0.1, 0.15) is 0 Å². The Morgan fingerprint density at radius 2 is 2.25 bits per heavy atom. The monoisotopic (exact) mass is 190 g/mol. The lowest BCUT2D eigenvalue weighted by molar-refractivity contribution is -0.131. The Hall–Kier alpha value is -0.640. The Morgan fingerprint density at radius 1 is 1.67 bits per heavy atom. The van der Waals surface area contributed by atoms with Gasteiger partial charge in [-0.1, -0.05) is 20.3 Å². The molecule has 0 aliphatic carbocycles. The standard InChI is InChI=1S/C8H14O3S/c1-3-7(2)6-12(11)5-4-8(9)10/h4-5,7H,3,6H2,1-2H3,(H,9,10)/b5-4+. The average Bonchev–Trinajstić information content (AvgIpc) is 2.00. The van der Waals surface area contributed by atoms with E-state index in [4.69, 9.17) is 5.11 Å². The first-order valence-electron chi connectivity index (χ1n) is 3.84. The van der Waals surface area contributed by atoms with Crippen molar-refractivity contribution in [3.63, 3.8) is 0 Å². The van der Waals surface area contributed by atoms with E-state index in [1.54, 1.807) is 0 Å². The number of carboxylic acid groups (broad SMARTS) is 1. The molecule has 1 N–H and O–H groups in total. The molecule has 0 bridgehead atoms. The molecule has 0 aromatic carbocycles. The number of carbonyl (C=O) groups is 1. The molecule has 3 nitrogen and oxygen atoms in total. The van der Waals surface area contributed by atoms with E-state index >= 15 is 0 Å². The van der Waals surface area contributed by atoms with Crippen LogP contribution in [0.4, 0.5) is 0 Å². The van der Waals surface area contributed by atoms with E-state index in [0.717, 1.165) is 12.5 Å². The van der Waals surface area contributed by atoms with Crippen LogP contribution in [-0.4, -0.2) is 21.0 Å². The van der Waals surface area contributed by atoms with E-state index in [2.05, 4.69) is 0 Å². The zero-order chi connectivity index (χ0) is 9.56. The van der Waals surface area contributed by atoms with Gasteiger partial charge in [0.05, 0.1) is 0 Å². The number of rotatable bonds is 5. The highest BCUT2D eigenvalue weighted by molar-refractivity contribution is 7.88. The third-order valence-electron chi connectivity index (χ3n) is 1.51. The van der Waals surface area contributed by atoms with Crippen molar-refractivity contribution in [2.45, 2.75) is 20.3 Å². The van der Waals surface area contributed by atoms with Gasteiger partial charge in [-0.15, -0.1) is 0 Å². The molecular weight excluding hydrogens is 176 g/mol. The summed E-state index contributed by atoms with van der Waals surface area (Å²) in [6.07, 6.45) is 1.89. The Labute approximate surface area is 74.9 Å². The van der Waals surface area contributed by atoms with Gasteiger partial charge in [0, 0.05) is 28.0 Å². The molecular formula is C8H14O3S. The van der Waals surface area contributed by atoms with Crippen LogP contribution < -0.4 is 0 Å².